The van der Waals surface area contributed by atoms with Gasteiger partial charge in [0.25, 0.3) is 0 Å². The van der Waals surface area contributed by atoms with Crippen LogP contribution in [0.1, 0.15) is 72.1 Å². The van der Waals surface area contributed by atoms with E-state index in [0.717, 1.165) is 32.1 Å². The molecule has 23 heavy (non-hydrogen) atoms. The fourth-order valence-corrected chi connectivity index (χ4v) is 6.38. The van der Waals surface area contributed by atoms with Crippen LogP contribution >= 0.6 is 0 Å². The van der Waals surface area contributed by atoms with Gasteiger partial charge in [0.2, 0.25) is 0 Å². The fourth-order valence-electron chi connectivity index (χ4n) is 6.38. The summed E-state index contributed by atoms with van der Waals surface area (Å²) in [6, 6.07) is 0. The van der Waals surface area contributed by atoms with Crippen LogP contribution in [0.2, 0.25) is 0 Å². The Morgan fingerprint density at radius 2 is 1.87 bits per heavy atom. The maximum atomic E-state index is 12.4. The Morgan fingerprint density at radius 1 is 1.09 bits per heavy atom. The van der Waals surface area contributed by atoms with E-state index in [-0.39, 0.29) is 10.8 Å². The number of ketones is 2. The first-order valence-corrected chi connectivity index (χ1v) is 9.33. The summed E-state index contributed by atoms with van der Waals surface area (Å²) in [7, 11) is 0. The first-order valence-electron chi connectivity index (χ1n) is 9.33. The van der Waals surface area contributed by atoms with Gasteiger partial charge in [-0.15, -0.1) is 0 Å². The highest BCUT2D eigenvalue weighted by molar-refractivity contribution is 5.93. The van der Waals surface area contributed by atoms with Crippen molar-refractivity contribution in [2.24, 2.45) is 22.7 Å². The van der Waals surface area contributed by atoms with Crippen LogP contribution in [0.3, 0.4) is 0 Å². The summed E-state index contributed by atoms with van der Waals surface area (Å²) in [5.41, 5.74) is 4.55. The van der Waals surface area contributed by atoms with Crippen molar-refractivity contribution in [3.05, 3.63) is 22.8 Å². The Bertz CT molecular complexity index is 653. The Morgan fingerprint density at radius 3 is 2.61 bits per heavy atom. The molecule has 0 radical (unpaired) electrons. The van der Waals surface area contributed by atoms with Gasteiger partial charge in [0.05, 0.1) is 0 Å². The van der Waals surface area contributed by atoms with Crippen LogP contribution in [0.4, 0.5) is 0 Å². The summed E-state index contributed by atoms with van der Waals surface area (Å²) in [5, 5.41) is 0. The fraction of sp³-hybridized carbons (Fsp3) is 0.714. The third-order valence-electron chi connectivity index (χ3n) is 8.11. The van der Waals surface area contributed by atoms with Crippen molar-refractivity contribution in [2.75, 3.05) is 0 Å². The largest absolute Gasteiger partial charge is 0.299 e. The molecule has 2 saturated carbocycles. The van der Waals surface area contributed by atoms with Gasteiger partial charge in [-0.1, -0.05) is 19.4 Å². The van der Waals surface area contributed by atoms with Crippen molar-refractivity contribution in [2.45, 2.75) is 72.1 Å². The SMILES string of the molecule is CC(=O)C1(C)CC[C@H]2[C@@H]3CCC4=CC(=O)CCC4=C3CC[C@@]21C. The lowest BCUT2D eigenvalue weighted by atomic mass is 9.52. The molecule has 0 heterocycles. The number of hydrogen-bond acceptors (Lipinski definition) is 2. The second kappa shape index (κ2) is 4.91. The minimum atomic E-state index is -0.132. The lowest BCUT2D eigenvalue weighted by Crippen LogP contribution is -2.47. The predicted octanol–water partition coefficient (Wildman–Crippen LogP) is 4.79. The predicted molar refractivity (Wildman–Crippen MR) is 90.9 cm³/mol. The lowest BCUT2D eigenvalue weighted by molar-refractivity contribution is -0.134. The van der Waals surface area contributed by atoms with Gasteiger partial charge < -0.3 is 0 Å². The molecule has 0 N–H and O–H groups in total. The zero-order valence-electron chi connectivity index (χ0n) is 14.7. The summed E-state index contributed by atoms with van der Waals surface area (Å²) in [5.74, 6) is 2.02. The van der Waals surface area contributed by atoms with E-state index in [4.69, 9.17) is 0 Å². The van der Waals surface area contributed by atoms with Crippen molar-refractivity contribution in [3.63, 3.8) is 0 Å². The molecule has 2 fully saturated rings. The molecule has 4 rings (SSSR count). The normalized spacial score (nSPS) is 42.7. The van der Waals surface area contributed by atoms with Crippen LogP contribution in [0.15, 0.2) is 22.8 Å². The molecule has 0 saturated heterocycles. The molecular weight excluding hydrogens is 284 g/mol. The maximum Gasteiger partial charge on any atom is 0.156 e. The number of hydrogen-bond donors (Lipinski definition) is 0. The maximum absolute atomic E-state index is 12.4. The molecule has 2 heteroatoms. The molecule has 4 atom stereocenters. The van der Waals surface area contributed by atoms with Gasteiger partial charge >= 0.3 is 0 Å². The number of rotatable bonds is 1. The van der Waals surface area contributed by atoms with Crippen molar-refractivity contribution in [3.8, 4) is 0 Å². The average Bonchev–Trinajstić information content (AvgIpc) is 2.80. The minimum Gasteiger partial charge on any atom is -0.299 e. The van der Waals surface area contributed by atoms with Gasteiger partial charge in [0.15, 0.2) is 5.78 Å². The minimum absolute atomic E-state index is 0.132. The molecule has 0 spiro atoms. The van der Waals surface area contributed by atoms with E-state index in [2.05, 4.69) is 13.8 Å². The highest BCUT2D eigenvalue weighted by atomic mass is 16.1. The van der Waals surface area contributed by atoms with Crippen molar-refractivity contribution in [1.82, 2.24) is 0 Å². The smallest absolute Gasteiger partial charge is 0.156 e. The second-order valence-electron chi connectivity index (χ2n) is 8.74. The van der Waals surface area contributed by atoms with Crippen LogP contribution in [0.5, 0.6) is 0 Å². The van der Waals surface area contributed by atoms with Gasteiger partial charge in [0.1, 0.15) is 5.78 Å². The van der Waals surface area contributed by atoms with E-state index in [9.17, 15) is 9.59 Å². The number of allylic oxidation sites excluding steroid dienone is 4. The summed E-state index contributed by atoms with van der Waals surface area (Å²) in [6.45, 7) is 6.42. The molecule has 0 aromatic rings. The van der Waals surface area contributed by atoms with E-state index < -0.39 is 0 Å². The third kappa shape index (κ3) is 1.93. The number of carbonyl (C=O) groups is 2. The highest BCUT2D eigenvalue weighted by Gasteiger charge is 2.60. The van der Waals surface area contributed by atoms with Crippen molar-refractivity contribution < 1.29 is 9.59 Å². The zero-order valence-corrected chi connectivity index (χ0v) is 14.7. The van der Waals surface area contributed by atoms with Gasteiger partial charge in [-0.05, 0) is 86.3 Å². The Balaban J connectivity index is 1.74. The van der Waals surface area contributed by atoms with E-state index in [1.807, 2.05) is 6.08 Å². The first kappa shape index (κ1) is 15.4. The van der Waals surface area contributed by atoms with E-state index >= 15 is 0 Å². The topological polar surface area (TPSA) is 34.1 Å². The standard InChI is InChI=1S/C21H28O2/c1-13(22)20(2)11-9-19-18-6-4-14-12-15(23)5-7-16(14)17(18)8-10-21(19,20)3/h12,18-19H,4-11H2,1-3H3/t18-,19+,20?,21+/m1/s1. The Labute approximate surface area is 139 Å². The van der Waals surface area contributed by atoms with E-state index in [1.54, 1.807) is 12.5 Å². The quantitative estimate of drug-likeness (QED) is 0.697. The van der Waals surface area contributed by atoms with Crippen LogP contribution in [-0.4, -0.2) is 11.6 Å². The Kier molecular flexibility index (Phi) is 3.28. The molecule has 0 aromatic heterocycles. The van der Waals surface area contributed by atoms with Crippen LogP contribution in [-0.2, 0) is 9.59 Å². The summed E-state index contributed by atoms with van der Waals surface area (Å²) in [6.07, 6.45) is 10.4. The molecule has 2 nitrogen and oxygen atoms in total. The average molecular weight is 312 g/mol. The number of fused-ring (bicyclic) bond motifs is 4. The molecule has 0 aliphatic heterocycles. The van der Waals surface area contributed by atoms with E-state index in [1.165, 1.54) is 24.0 Å². The number of Topliss-reactive ketones (excluding diaryl/α,β-unsaturated/α-hetero) is 1. The molecule has 124 valence electrons. The monoisotopic (exact) mass is 312 g/mol. The third-order valence-corrected chi connectivity index (χ3v) is 8.11. The second-order valence-corrected chi connectivity index (χ2v) is 8.74. The highest BCUT2D eigenvalue weighted by Crippen LogP contribution is 2.66. The molecule has 4 aliphatic carbocycles. The first-order chi connectivity index (χ1) is 10.9. The lowest BCUT2D eigenvalue weighted by Gasteiger charge is -2.52. The van der Waals surface area contributed by atoms with Gasteiger partial charge in [-0.25, -0.2) is 0 Å². The molecule has 1 unspecified atom stereocenters. The Hall–Kier alpha value is -1.18. The van der Waals surface area contributed by atoms with Crippen molar-refractivity contribution >= 4 is 11.6 Å². The molecule has 0 amide bonds. The molecule has 0 aromatic carbocycles. The van der Waals surface area contributed by atoms with E-state index in [0.29, 0.717) is 29.8 Å². The van der Waals surface area contributed by atoms with Gasteiger partial charge in [-0.2, -0.15) is 0 Å². The summed E-state index contributed by atoms with van der Waals surface area (Å²) >= 11 is 0. The summed E-state index contributed by atoms with van der Waals surface area (Å²) in [4.78, 5) is 24.1. The number of carbonyl (C=O) groups excluding carboxylic acids is 2. The van der Waals surface area contributed by atoms with Crippen molar-refractivity contribution in [1.29, 1.82) is 0 Å². The zero-order chi connectivity index (χ0) is 16.4. The molecule has 4 aliphatic rings. The van der Waals surface area contributed by atoms with Crippen LogP contribution in [0.25, 0.3) is 0 Å². The molecule has 0 bridgehead atoms. The van der Waals surface area contributed by atoms with Gasteiger partial charge in [-0.3, -0.25) is 9.59 Å². The summed E-state index contributed by atoms with van der Waals surface area (Å²) < 4.78 is 0. The van der Waals surface area contributed by atoms with Gasteiger partial charge in [0, 0.05) is 11.8 Å². The van der Waals surface area contributed by atoms with Crippen LogP contribution in [0, 0.1) is 22.7 Å². The molecular formula is C21H28O2. The van der Waals surface area contributed by atoms with Crippen LogP contribution < -0.4 is 0 Å².